The van der Waals surface area contributed by atoms with Gasteiger partial charge in [0.1, 0.15) is 0 Å². The quantitative estimate of drug-likeness (QED) is 0.112. The summed E-state index contributed by atoms with van der Waals surface area (Å²) in [6.45, 7) is 17.9. The van der Waals surface area contributed by atoms with Crippen LogP contribution >= 0.6 is 0 Å². The van der Waals surface area contributed by atoms with Crippen LogP contribution < -0.4 is 14.3 Å². The van der Waals surface area contributed by atoms with Crippen molar-refractivity contribution in [3.05, 3.63) is 138 Å². The molecule has 0 saturated heterocycles. The first-order chi connectivity index (χ1) is 21.2. The van der Waals surface area contributed by atoms with Crippen molar-refractivity contribution in [2.75, 3.05) is 0 Å². The number of aromatic nitrogens is 2. The van der Waals surface area contributed by atoms with Crippen molar-refractivity contribution in [1.29, 1.82) is 0 Å². The molecular formula is C41H44N2Si+2. The highest BCUT2D eigenvalue weighted by Crippen LogP contribution is 2.44. The molecule has 220 valence electrons. The number of benzene rings is 3. The summed E-state index contributed by atoms with van der Waals surface area (Å²) in [7, 11) is -1.62. The summed E-state index contributed by atoms with van der Waals surface area (Å²) in [6, 6.07) is 36.3. The Bertz CT molecular complexity index is 1880. The second kappa shape index (κ2) is 11.1. The molecule has 0 radical (unpaired) electrons. The molecular weight excluding hydrogens is 549 g/mol. The van der Waals surface area contributed by atoms with Crippen LogP contribution in [0.3, 0.4) is 0 Å². The van der Waals surface area contributed by atoms with Gasteiger partial charge in [-0.2, -0.15) is 9.13 Å². The number of pyridine rings is 2. The van der Waals surface area contributed by atoms with Gasteiger partial charge in [0, 0.05) is 34.0 Å². The van der Waals surface area contributed by atoms with Crippen molar-refractivity contribution in [3.63, 3.8) is 0 Å². The summed E-state index contributed by atoms with van der Waals surface area (Å²) in [4.78, 5) is 0. The zero-order chi connectivity index (χ0) is 30.6. The molecule has 4 heterocycles. The Morgan fingerprint density at radius 3 is 2.20 bits per heavy atom. The van der Waals surface area contributed by atoms with Crippen LogP contribution in [0.2, 0.25) is 19.6 Å². The van der Waals surface area contributed by atoms with Crippen LogP contribution in [0.5, 0.6) is 0 Å². The van der Waals surface area contributed by atoms with E-state index < -0.39 is 8.07 Å². The third-order valence-electron chi connectivity index (χ3n) is 9.84. The SMILES string of the molecule is C=C1C[n+]2cc(-c3ccccc3)ccc2-c2ccccc2CCC2c3ccccc3-c3cc(C(C)C)c([Si](C)(C)C)c[n+]3C12. The largest absolute Gasteiger partial charge is 0.213 e. The van der Waals surface area contributed by atoms with E-state index in [0.717, 1.165) is 19.4 Å². The van der Waals surface area contributed by atoms with Crippen molar-refractivity contribution < 1.29 is 9.13 Å². The van der Waals surface area contributed by atoms with Gasteiger partial charge in [0.25, 0.3) is 0 Å². The fourth-order valence-electron chi connectivity index (χ4n) is 7.68. The van der Waals surface area contributed by atoms with E-state index in [9.17, 15) is 0 Å². The molecule has 0 N–H and O–H groups in total. The highest BCUT2D eigenvalue weighted by molar-refractivity contribution is 6.89. The van der Waals surface area contributed by atoms with Gasteiger partial charge in [-0.3, -0.25) is 0 Å². The van der Waals surface area contributed by atoms with Crippen LogP contribution in [0.1, 0.15) is 54.8 Å². The minimum atomic E-state index is -1.62. The van der Waals surface area contributed by atoms with Crippen LogP contribution in [0.15, 0.2) is 122 Å². The number of hydrogen-bond donors (Lipinski definition) is 0. The van der Waals surface area contributed by atoms with Gasteiger partial charge in [-0.25, -0.2) is 0 Å². The monoisotopic (exact) mass is 592 g/mol. The summed E-state index contributed by atoms with van der Waals surface area (Å²) in [5.41, 5.74) is 13.5. The third-order valence-corrected chi connectivity index (χ3v) is 11.9. The fraction of sp³-hybridized carbons (Fsp3) is 0.268. The summed E-state index contributed by atoms with van der Waals surface area (Å²) < 4.78 is 5.11. The Labute approximate surface area is 264 Å². The van der Waals surface area contributed by atoms with Crippen LogP contribution in [-0.4, -0.2) is 8.07 Å². The van der Waals surface area contributed by atoms with E-state index in [1.54, 1.807) is 5.19 Å². The number of rotatable bonds is 3. The Balaban J connectivity index is 1.46. The van der Waals surface area contributed by atoms with Gasteiger partial charge < -0.3 is 0 Å². The molecule has 0 amide bonds. The van der Waals surface area contributed by atoms with Gasteiger partial charge >= 0.3 is 0 Å². The third kappa shape index (κ3) is 4.97. The smallest absolute Gasteiger partial charge is 0.193 e. The second-order valence-corrected chi connectivity index (χ2v) is 19.2. The first kappa shape index (κ1) is 28.7. The lowest BCUT2D eigenvalue weighted by Gasteiger charge is -2.34. The lowest BCUT2D eigenvalue weighted by molar-refractivity contribution is -0.722. The number of fused-ring (bicyclic) bond motifs is 9. The highest BCUT2D eigenvalue weighted by atomic mass is 28.3. The molecule has 3 heteroatoms. The van der Waals surface area contributed by atoms with E-state index >= 15 is 0 Å². The number of nitrogens with zero attached hydrogens (tertiary/aromatic N) is 2. The molecule has 2 aliphatic rings. The van der Waals surface area contributed by atoms with Crippen molar-refractivity contribution in [3.8, 4) is 33.6 Å². The normalized spacial score (nSPS) is 17.6. The average Bonchev–Trinajstić information content (AvgIpc) is 3.02. The van der Waals surface area contributed by atoms with Crippen molar-refractivity contribution in [1.82, 2.24) is 0 Å². The minimum absolute atomic E-state index is 0.183. The molecule has 2 unspecified atom stereocenters. The summed E-state index contributed by atoms with van der Waals surface area (Å²) >= 11 is 0. The molecule has 7 rings (SSSR count). The molecule has 0 spiro atoms. The standard InChI is InChI=1S/C41H44N2Si/c1-28(2)37-24-39-35-19-13-12-18-34(35)36-22-20-31-16-10-11-17-33(31)38-23-21-32(30-14-8-7-9-15-30)26-42(38)25-29(3)41(36)43(39)27-40(37)44(4,5)6/h7-19,21,23-24,26-28,36,41H,3,20,22,25H2,1-2,4-6H3/q+2. The lowest BCUT2D eigenvalue weighted by atomic mass is 9.76. The topological polar surface area (TPSA) is 7.76 Å². The molecule has 0 aliphatic carbocycles. The zero-order valence-electron chi connectivity index (χ0n) is 26.8. The Morgan fingerprint density at radius 1 is 0.750 bits per heavy atom. The first-order valence-electron chi connectivity index (χ1n) is 16.2. The highest BCUT2D eigenvalue weighted by Gasteiger charge is 2.44. The molecule has 0 bridgehead atoms. The predicted molar refractivity (Wildman–Crippen MR) is 186 cm³/mol. The fourth-order valence-corrected chi connectivity index (χ4v) is 9.43. The number of hydrogen-bond acceptors (Lipinski definition) is 0. The Hall–Kier alpha value is -4.08. The van der Waals surface area contributed by atoms with Gasteiger partial charge in [-0.05, 0) is 59.2 Å². The minimum Gasteiger partial charge on any atom is -0.193 e. The molecule has 2 nitrogen and oxygen atoms in total. The van der Waals surface area contributed by atoms with Gasteiger partial charge in [0.2, 0.25) is 11.4 Å². The van der Waals surface area contributed by atoms with Gasteiger partial charge in [0.15, 0.2) is 25.0 Å². The van der Waals surface area contributed by atoms with E-state index in [-0.39, 0.29) is 6.04 Å². The molecule has 44 heavy (non-hydrogen) atoms. The second-order valence-electron chi connectivity index (χ2n) is 14.1. The molecule has 5 aromatic rings. The van der Waals surface area contributed by atoms with Crippen molar-refractivity contribution in [2.24, 2.45) is 0 Å². The number of allylic oxidation sites excluding steroid dienone is 1. The molecule has 2 atom stereocenters. The van der Waals surface area contributed by atoms with Crippen LogP contribution in [0.4, 0.5) is 0 Å². The summed E-state index contributed by atoms with van der Waals surface area (Å²) in [6.07, 6.45) is 7.02. The molecule has 2 aliphatic heterocycles. The molecule has 2 aromatic heterocycles. The maximum atomic E-state index is 4.92. The lowest BCUT2D eigenvalue weighted by Crippen LogP contribution is -2.55. The van der Waals surface area contributed by atoms with Crippen molar-refractivity contribution >= 4 is 13.3 Å². The van der Waals surface area contributed by atoms with E-state index in [2.05, 4.69) is 152 Å². The van der Waals surface area contributed by atoms with E-state index in [1.807, 2.05) is 0 Å². The molecule has 0 fully saturated rings. The number of aryl methyl sites for hydroxylation is 1. The predicted octanol–water partition coefficient (Wildman–Crippen LogP) is 8.77. The Morgan fingerprint density at radius 2 is 1.45 bits per heavy atom. The van der Waals surface area contributed by atoms with Gasteiger partial charge in [0.05, 0.1) is 19.6 Å². The average molecular weight is 593 g/mol. The van der Waals surface area contributed by atoms with Gasteiger partial charge in [-0.1, -0.05) is 107 Å². The first-order valence-corrected chi connectivity index (χ1v) is 19.7. The maximum Gasteiger partial charge on any atom is 0.213 e. The van der Waals surface area contributed by atoms with Crippen LogP contribution in [-0.2, 0) is 13.0 Å². The molecule has 3 aromatic carbocycles. The van der Waals surface area contributed by atoms with Gasteiger partial charge in [-0.15, -0.1) is 0 Å². The molecule has 0 saturated carbocycles. The van der Waals surface area contributed by atoms with Crippen molar-refractivity contribution in [2.45, 2.75) is 70.8 Å². The Kier molecular flexibility index (Phi) is 7.25. The van der Waals surface area contributed by atoms with E-state index in [4.69, 9.17) is 6.58 Å². The maximum absolute atomic E-state index is 4.92. The van der Waals surface area contributed by atoms with Crippen LogP contribution in [0, 0.1) is 0 Å². The van der Waals surface area contributed by atoms with E-state index in [0.29, 0.717) is 11.8 Å². The van der Waals surface area contributed by atoms with E-state index in [1.165, 1.54) is 55.9 Å². The summed E-state index contributed by atoms with van der Waals surface area (Å²) in [5, 5.41) is 1.57. The zero-order valence-corrected chi connectivity index (χ0v) is 27.8. The summed E-state index contributed by atoms with van der Waals surface area (Å²) in [5.74, 6) is 0.832. The van der Waals surface area contributed by atoms with Crippen LogP contribution in [0.25, 0.3) is 33.6 Å².